The molecule has 6 heteroatoms. The van der Waals surface area contributed by atoms with Crippen molar-refractivity contribution < 1.29 is 14.5 Å². The molecule has 0 heterocycles. The molecule has 17 heavy (non-hydrogen) atoms. The summed E-state index contributed by atoms with van der Waals surface area (Å²) in [4.78, 5) is 21.6. The minimum absolute atomic E-state index is 0.00415. The number of carbonyl (C=O) groups excluding carboxylic acids is 1. The van der Waals surface area contributed by atoms with Crippen LogP contribution in [0.3, 0.4) is 0 Å². The third-order valence-corrected chi connectivity index (χ3v) is 2.86. The number of benzene rings is 1. The Morgan fingerprint density at radius 3 is 2.47 bits per heavy atom. The molecular weight excluding hydrogens is 246 g/mol. The predicted octanol–water partition coefficient (Wildman–Crippen LogP) is 2.70. The van der Waals surface area contributed by atoms with Gasteiger partial charge in [0.05, 0.1) is 17.4 Å². The van der Waals surface area contributed by atoms with Gasteiger partial charge in [0.25, 0.3) is 5.69 Å². The third-order valence-electron chi connectivity index (χ3n) is 2.56. The Hall–Kier alpha value is -1.62. The third kappa shape index (κ3) is 2.55. The van der Waals surface area contributed by atoms with Crippen LogP contribution in [0.4, 0.5) is 5.69 Å². The van der Waals surface area contributed by atoms with Crippen molar-refractivity contribution in [2.45, 2.75) is 19.3 Å². The van der Waals surface area contributed by atoms with Crippen molar-refractivity contribution in [3.05, 3.63) is 38.9 Å². The molecule has 0 aliphatic carbocycles. The number of carbonyl (C=O) groups is 1. The highest BCUT2D eigenvalue weighted by molar-refractivity contribution is 6.32. The number of halogens is 1. The molecule has 1 aromatic carbocycles. The van der Waals surface area contributed by atoms with E-state index in [9.17, 15) is 14.9 Å². The summed E-state index contributed by atoms with van der Waals surface area (Å²) >= 11 is 5.78. The summed E-state index contributed by atoms with van der Waals surface area (Å²) in [6.45, 7) is 3.33. The second-order valence-corrected chi connectivity index (χ2v) is 4.45. The first-order chi connectivity index (χ1) is 7.80. The van der Waals surface area contributed by atoms with E-state index in [1.807, 2.05) is 0 Å². The van der Waals surface area contributed by atoms with Crippen molar-refractivity contribution in [3.63, 3.8) is 0 Å². The van der Waals surface area contributed by atoms with Crippen LogP contribution < -0.4 is 0 Å². The molecule has 0 unspecified atom stereocenters. The first-order valence-corrected chi connectivity index (χ1v) is 5.21. The van der Waals surface area contributed by atoms with Crippen LogP contribution in [0.25, 0.3) is 0 Å². The molecule has 0 spiro atoms. The normalized spacial score (nSPS) is 11.1. The van der Waals surface area contributed by atoms with Crippen LogP contribution in [0.1, 0.15) is 19.4 Å². The zero-order valence-corrected chi connectivity index (χ0v) is 10.4. The van der Waals surface area contributed by atoms with Crippen LogP contribution in [0, 0.1) is 10.1 Å². The monoisotopic (exact) mass is 257 g/mol. The van der Waals surface area contributed by atoms with Gasteiger partial charge in [-0.25, -0.2) is 0 Å². The first-order valence-electron chi connectivity index (χ1n) is 4.83. The molecule has 1 aromatic rings. The average Bonchev–Trinajstić information content (AvgIpc) is 2.27. The fourth-order valence-electron chi connectivity index (χ4n) is 1.42. The summed E-state index contributed by atoms with van der Waals surface area (Å²) in [6.07, 6.45) is 0. The van der Waals surface area contributed by atoms with Crippen molar-refractivity contribution in [3.8, 4) is 0 Å². The Bertz CT molecular complexity index is 471. The molecule has 0 saturated carbocycles. The Kier molecular flexibility index (Phi) is 3.72. The van der Waals surface area contributed by atoms with E-state index in [0.717, 1.165) is 0 Å². The maximum atomic E-state index is 11.6. The fraction of sp³-hybridized carbons (Fsp3) is 0.364. The van der Waals surface area contributed by atoms with Crippen LogP contribution in [-0.4, -0.2) is 18.0 Å². The van der Waals surface area contributed by atoms with Crippen LogP contribution in [0.5, 0.6) is 0 Å². The Morgan fingerprint density at radius 2 is 2.06 bits per heavy atom. The maximum Gasteiger partial charge on any atom is 0.315 e. The molecule has 5 nitrogen and oxygen atoms in total. The second-order valence-electron chi connectivity index (χ2n) is 4.04. The summed E-state index contributed by atoms with van der Waals surface area (Å²) in [5.41, 5.74) is -0.510. The highest BCUT2D eigenvalue weighted by Crippen LogP contribution is 2.31. The van der Waals surface area contributed by atoms with E-state index in [2.05, 4.69) is 4.74 Å². The number of nitro benzene ring substituents is 1. The molecule has 0 atom stereocenters. The number of rotatable bonds is 3. The topological polar surface area (TPSA) is 69.4 Å². The maximum absolute atomic E-state index is 11.6. The Balaban J connectivity index is 3.22. The largest absolute Gasteiger partial charge is 0.468 e. The van der Waals surface area contributed by atoms with E-state index in [0.29, 0.717) is 5.56 Å². The zero-order valence-electron chi connectivity index (χ0n) is 9.69. The van der Waals surface area contributed by atoms with Gasteiger partial charge in [-0.05, 0) is 25.5 Å². The van der Waals surface area contributed by atoms with E-state index in [1.165, 1.54) is 25.3 Å². The molecule has 0 bridgehead atoms. The Labute approximate surface area is 103 Å². The van der Waals surface area contributed by atoms with E-state index in [4.69, 9.17) is 11.6 Å². The van der Waals surface area contributed by atoms with Gasteiger partial charge in [-0.3, -0.25) is 14.9 Å². The van der Waals surface area contributed by atoms with Gasteiger partial charge in [0, 0.05) is 6.07 Å². The standard InChI is InChI=1S/C11H12ClNO4/c1-11(2,10(14)17-3)7-4-5-9(13(15)16)8(12)6-7/h4-6H,1-3H3. The molecule has 0 aromatic heterocycles. The van der Waals surface area contributed by atoms with Crippen molar-refractivity contribution in [1.29, 1.82) is 0 Å². The molecule has 1 rings (SSSR count). The van der Waals surface area contributed by atoms with Gasteiger partial charge in [-0.1, -0.05) is 17.7 Å². The van der Waals surface area contributed by atoms with E-state index in [1.54, 1.807) is 13.8 Å². The summed E-state index contributed by atoms with van der Waals surface area (Å²) in [5.74, 6) is -0.428. The number of hydrogen-bond donors (Lipinski definition) is 0. The smallest absolute Gasteiger partial charge is 0.315 e. The summed E-state index contributed by atoms with van der Waals surface area (Å²) in [5, 5.41) is 10.6. The van der Waals surface area contributed by atoms with Gasteiger partial charge < -0.3 is 4.74 Å². The highest BCUT2D eigenvalue weighted by Gasteiger charge is 2.32. The van der Waals surface area contributed by atoms with Crippen LogP contribution in [0.15, 0.2) is 18.2 Å². The summed E-state index contributed by atoms with van der Waals surface area (Å²) < 4.78 is 4.67. The van der Waals surface area contributed by atoms with Crippen molar-refractivity contribution in [1.82, 2.24) is 0 Å². The van der Waals surface area contributed by atoms with Crippen molar-refractivity contribution >= 4 is 23.3 Å². The number of hydrogen-bond acceptors (Lipinski definition) is 4. The first kappa shape index (κ1) is 13.4. The minimum atomic E-state index is -0.895. The average molecular weight is 258 g/mol. The van der Waals surface area contributed by atoms with Crippen LogP contribution >= 0.6 is 11.6 Å². The molecule has 0 aliphatic heterocycles. The van der Waals surface area contributed by atoms with Gasteiger partial charge >= 0.3 is 5.97 Å². The molecule has 0 saturated heterocycles. The van der Waals surface area contributed by atoms with Crippen LogP contribution in [-0.2, 0) is 14.9 Å². The number of nitro groups is 1. The number of methoxy groups -OCH3 is 1. The van der Waals surface area contributed by atoms with E-state index < -0.39 is 16.3 Å². The van der Waals surface area contributed by atoms with E-state index in [-0.39, 0.29) is 10.7 Å². The summed E-state index contributed by atoms with van der Waals surface area (Å²) in [7, 11) is 1.29. The lowest BCUT2D eigenvalue weighted by Gasteiger charge is -2.21. The molecule has 92 valence electrons. The number of esters is 1. The lowest BCUT2D eigenvalue weighted by atomic mass is 9.85. The van der Waals surface area contributed by atoms with Gasteiger partial charge in [0.2, 0.25) is 0 Å². The SMILES string of the molecule is COC(=O)C(C)(C)c1ccc([N+](=O)[O-])c(Cl)c1. The lowest BCUT2D eigenvalue weighted by Crippen LogP contribution is -2.30. The van der Waals surface area contributed by atoms with E-state index >= 15 is 0 Å². The highest BCUT2D eigenvalue weighted by atomic mass is 35.5. The minimum Gasteiger partial charge on any atom is -0.468 e. The van der Waals surface area contributed by atoms with Crippen molar-refractivity contribution in [2.75, 3.05) is 7.11 Å². The molecule has 0 N–H and O–H groups in total. The molecule has 0 radical (unpaired) electrons. The van der Waals surface area contributed by atoms with Crippen molar-refractivity contribution in [2.24, 2.45) is 0 Å². The zero-order chi connectivity index (χ0) is 13.2. The van der Waals surface area contributed by atoms with Crippen LogP contribution in [0.2, 0.25) is 5.02 Å². The quantitative estimate of drug-likeness (QED) is 0.474. The Morgan fingerprint density at radius 1 is 1.47 bits per heavy atom. The number of nitrogens with zero attached hydrogens (tertiary/aromatic N) is 1. The molecule has 0 amide bonds. The molecular formula is C11H12ClNO4. The van der Waals surface area contributed by atoms with Gasteiger partial charge in [-0.15, -0.1) is 0 Å². The van der Waals surface area contributed by atoms with Gasteiger partial charge in [0.15, 0.2) is 0 Å². The fourth-order valence-corrected chi connectivity index (χ4v) is 1.67. The number of ether oxygens (including phenoxy) is 1. The molecule has 0 fully saturated rings. The van der Waals surface area contributed by atoms with Gasteiger partial charge in [-0.2, -0.15) is 0 Å². The predicted molar refractivity (Wildman–Crippen MR) is 63.1 cm³/mol. The molecule has 0 aliphatic rings. The van der Waals surface area contributed by atoms with Gasteiger partial charge in [0.1, 0.15) is 5.02 Å². The second kappa shape index (κ2) is 4.71. The lowest BCUT2D eigenvalue weighted by molar-refractivity contribution is -0.384. The summed E-state index contributed by atoms with van der Waals surface area (Å²) in [6, 6.07) is 4.19.